The van der Waals surface area contributed by atoms with Crippen molar-refractivity contribution in [3.05, 3.63) is 81.9 Å². The number of carboxylic acids is 2. The van der Waals surface area contributed by atoms with Crippen LogP contribution in [0.5, 0.6) is 0 Å². The van der Waals surface area contributed by atoms with Crippen LogP contribution in [0.1, 0.15) is 40.9 Å². The molecule has 0 bridgehead atoms. The van der Waals surface area contributed by atoms with Crippen LogP contribution in [0.2, 0.25) is 0 Å². The first-order valence-electron chi connectivity index (χ1n) is 7.86. The van der Waals surface area contributed by atoms with Gasteiger partial charge < -0.3 is 10.2 Å². The van der Waals surface area contributed by atoms with Crippen molar-refractivity contribution in [2.45, 2.75) is 13.8 Å². The number of carbonyl (C=O) groups is 3. The van der Waals surface area contributed by atoms with Gasteiger partial charge in [-0.1, -0.05) is 48.5 Å². The second-order valence-corrected chi connectivity index (χ2v) is 5.80. The molecule has 0 radical (unpaired) electrons. The van der Waals surface area contributed by atoms with E-state index in [0.29, 0.717) is 22.3 Å². The van der Waals surface area contributed by atoms with E-state index in [1.54, 1.807) is 48.5 Å². The summed E-state index contributed by atoms with van der Waals surface area (Å²) in [5.74, 6) is -2.28. The van der Waals surface area contributed by atoms with Crippen LogP contribution in [0.15, 0.2) is 59.7 Å². The zero-order chi connectivity index (χ0) is 19.3. The molecule has 0 atom stereocenters. The second-order valence-electron chi connectivity index (χ2n) is 5.80. The Morgan fingerprint density at radius 2 is 1.31 bits per heavy atom. The fourth-order valence-corrected chi connectivity index (χ4v) is 2.32. The molecular weight excluding hydrogens is 332 g/mol. The maximum atomic E-state index is 12.8. The molecule has 2 rings (SSSR count). The maximum absolute atomic E-state index is 12.8. The van der Waals surface area contributed by atoms with E-state index in [2.05, 4.69) is 0 Å². The standard InChI is InChI=1S/C21H18O5/c1-13(20(23)24)11-15-7-9-16(10-8-15)19(22)18-6-4-3-5-17(18)12-14(2)21(25)26/h3-12H,1-2H3,(H,23,24)(H,25,26)/b13-11+,14-12+. The van der Waals surface area contributed by atoms with Crippen LogP contribution in [-0.4, -0.2) is 27.9 Å². The van der Waals surface area contributed by atoms with Gasteiger partial charge in [-0.15, -0.1) is 0 Å². The van der Waals surface area contributed by atoms with Crippen molar-refractivity contribution >= 4 is 29.9 Å². The highest BCUT2D eigenvalue weighted by atomic mass is 16.4. The van der Waals surface area contributed by atoms with Gasteiger partial charge in [0, 0.05) is 22.3 Å². The molecule has 0 saturated heterocycles. The molecule has 5 nitrogen and oxygen atoms in total. The van der Waals surface area contributed by atoms with Gasteiger partial charge in [0.15, 0.2) is 5.78 Å². The van der Waals surface area contributed by atoms with E-state index < -0.39 is 11.9 Å². The molecule has 0 heterocycles. The number of carboxylic acid groups (broad SMARTS) is 2. The van der Waals surface area contributed by atoms with Gasteiger partial charge in [-0.3, -0.25) is 4.79 Å². The third kappa shape index (κ3) is 4.54. The highest BCUT2D eigenvalue weighted by Crippen LogP contribution is 2.19. The Morgan fingerprint density at radius 3 is 1.88 bits per heavy atom. The van der Waals surface area contributed by atoms with Crippen molar-refractivity contribution in [2.24, 2.45) is 0 Å². The van der Waals surface area contributed by atoms with Gasteiger partial charge in [-0.2, -0.15) is 0 Å². The van der Waals surface area contributed by atoms with Gasteiger partial charge in [0.1, 0.15) is 0 Å². The van der Waals surface area contributed by atoms with Crippen LogP contribution in [0.4, 0.5) is 0 Å². The summed E-state index contributed by atoms with van der Waals surface area (Å²) < 4.78 is 0. The van der Waals surface area contributed by atoms with Gasteiger partial charge in [0.2, 0.25) is 0 Å². The van der Waals surface area contributed by atoms with Crippen molar-refractivity contribution in [2.75, 3.05) is 0 Å². The number of rotatable bonds is 6. The summed E-state index contributed by atoms with van der Waals surface area (Å²) >= 11 is 0. The van der Waals surface area contributed by atoms with E-state index in [-0.39, 0.29) is 16.9 Å². The second kappa shape index (κ2) is 8.07. The lowest BCUT2D eigenvalue weighted by Crippen LogP contribution is -2.04. The molecule has 0 aromatic heterocycles. The van der Waals surface area contributed by atoms with Crippen LogP contribution in [0, 0.1) is 0 Å². The smallest absolute Gasteiger partial charge is 0.331 e. The lowest BCUT2D eigenvalue weighted by molar-refractivity contribution is -0.133. The third-order valence-electron chi connectivity index (χ3n) is 3.81. The molecule has 2 N–H and O–H groups in total. The normalized spacial score (nSPS) is 11.9. The van der Waals surface area contributed by atoms with Crippen LogP contribution >= 0.6 is 0 Å². The van der Waals surface area contributed by atoms with Crippen molar-refractivity contribution < 1.29 is 24.6 Å². The summed E-state index contributed by atoms with van der Waals surface area (Å²) in [5, 5.41) is 17.9. The van der Waals surface area contributed by atoms with Crippen LogP contribution in [0.3, 0.4) is 0 Å². The van der Waals surface area contributed by atoms with E-state index in [9.17, 15) is 14.4 Å². The number of aliphatic carboxylic acids is 2. The predicted molar refractivity (Wildman–Crippen MR) is 98.9 cm³/mol. The molecule has 0 aliphatic rings. The molecular formula is C21H18O5. The molecule has 2 aromatic carbocycles. The lowest BCUT2D eigenvalue weighted by atomic mass is 9.96. The van der Waals surface area contributed by atoms with E-state index >= 15 is 0 Å². The van der Waals surface area contributed by atoms with Crippen LogP contribution in [0.25, 0.3) is 12.2 Å². The van der Waals surface area contributed by atoms with E-state index in [0.717, 1.165) is 0 Å². The fraction of sp³-hybridized carbons (Fsp3) is 0.0952. The minimum Gasteiger partial charge on any atom is -0.478 e. The van der Waals surface area contributed by atoms with Crippen molar-refractivity contribution in [1.82, 2.24) is 0 Å². The van der Waals surface area contributed by atoms with Crippen LogP contribution in [-0.2, 0) is 9.59 Å². The molecule has 0 amide bonds. The lowest BCUT2D eigenvalue weighted by Gasteiger charge is -2.07. The van der Waals surface area contributed by atoms with E-state index in [1.165, 1.54) is 26.0 Å². The number of benzene rings is 2. The van der Waals surface area contributed by atoms with Gasteiger partial charge in [-0.25, -0.2) is 9.59 Å². The topological polar surface area (TPSA) is 91.7 Å². The monoisotopic (exact) mass is 350 g/mol. The zero-order valence-corrected chi connectivity index (χ0v) is 14.4. The number of hydrogen-bond donors (Lipinski definition) is 2. The zero-order valence-electron chi connectivity index (χ0n) is 14.4. The summed E-state index contributed by atoms with van der Waals surface area (Å²) in [6.07, 6.45) is 2.98. The molecule has 0 unspecified atom stereocenters. The van der Waals surface area contributed by atoms with Gasteiger partial charge in [-0.05, 0) is 37.1 Å². The molecule has 0 aliphatic heterocycles. The highest BCUT2D eigenvalue weighted by Gasteiger charge is 2.13. The first-order chi connectivity index (χ1) is 12.3. The molecule has 0 saturated carbocycles. The quantitative estimate of drug-likeness (QED) is 0.609. The summed E-state index contributed by atoms with van der Waals surface area (Å²) in [6, 6.07) is 13.4. The summed E-state index contributed by atoms with van der Waals surface area (Å²) in [5.41, 5.74) is 2.38. The first-order valence-corrected chi connectivity index (χ1v) is 7.86. The minimum absolute atomic E-state index is 0.134. The number of ketones is 1. The minimum atomic E-state index is -1.04. The Morgan fingerprint density at radius 1 is 0.769 bits per heavy atom. The predicted octanol–water partition coefficient (Wildman–Crippen LogP) is 3.89. The molecule has 0 fully saturated rings. The maximum Gasteiger partial charge on any atom is 0.331 e. The summed E-state index contributed by atoms with van der Waals surface area (Å²) in [4.78, 5) is 34.7. The first kappa shape index (κ1) is 18.9. The average Bonchev–Trinajstić information content (AvgIpc) is 2.62. The van der Waals surface area contributed by atoms with Gasteiger partial charge in [0.25, 0.3) is 0 Å². The van der Waals surface area contributed by atoms with Crippen molar-refractivity contribution in [1.29, 1.82) is 0 Å². The van der Waals surface area contributed by atoms with Crippen molar-refractivity contribution in [3.63, 3.8) is 0 Å². The van der Waals surface area contributed by atoms with Gasteiger partial charge >= 0.3 is 11.9 Å². The van der Waals surface area contributed by atoms with Gasteiger partial charge in [0.05, 0.1) is 0 Å². The fourth-order valence-electron chi connectivity index (χ4n) is 2.32. The highest BCUT2D eigenvalue weighted by molar-refractivity contribution is 6.11. The number of hydrogen-bond acceptors (Lipinski definition) is 3. The molecule has 132 valence electrons. The average molecular weight is 350 g/mol. The van der Waals surface area contributed by atoms with Crippen LogP contribution < -0.4 is 0 Å². The molecule has 5 heteroatoms. The summed E-state index contributed by atoms with van der Waals surface area (Å²) in [7, 11) is 0. The number of carbonyl (C=O) groups excluding carboxylic acids is 1. The largest absolute Gasteiger partial charge is 0.478 e. The Kier molecular flexibility index (Phi) is 5.86. The van der Waals surface area contributed by atoms with E-state index in [1.807, 2.05) is 0 Å². The molecule has 2 aromatic rings. The van der Waals surface area contributed by atoms with E-state index in [4.69, 9.17) is 10.2 Å². The Bertz CT molecular complexity index is 918. The molecule has 0 spiro atoms. The summed E-state index contributed by atoms with van der Waals surface area (Å²) in [6.45, 7) is 2.96. The Hall–Kier alpha value is -3.47. The molecule has 0 aliphatic carbocycles. The molecule has 26 heavy (non-hydrogen) atoms. The SMILES string of the molecule is C/C(=C\c1ccc(C(=O)c2ccccc2/C=C(\C)C(=O)O)cc1)C(=O)O. The third-order valence-corrected chi connectivity index (χ3v) is 3.81. The van der Waals surface area contributed by atoms with Crippen molar-refractivity contribution in [3.8, 4) is 0 Å². The Balaban J connectivity index is 2.36. The Labute approximate surface area is 150 Å².